The molecule has 4 heteroatoms. The van der Waals surface area contributed by atoms with Crippen molar-refractivity contribution >= 4 is 6.47 Å². The highest BCUT2D eigenvalue weighted by atomic mass is 16.5. The summed E-state index contributed by atoms with van der Waals surface area (Å²) in [5.41, 5.74) is 3.62. The van der Waals surface area contributed by atoms with Gasteiger partial charge in [-0.2, -0.15) is 5.26 Å². The summed E-state index contributed by atoms with van der Waals surface area (Å²) in [5, 5.41) is 11.9. The van der Waals surface area contributed by atoms with Gasteiger partial charge in [0.1, 0.15) is 5.60 Å². The molecule has 1 aromatic carbocycles. The third-order valence-corrected chi connectivity index (χ3v) is 2.84. The summed E-state index contributed by atoms with van der Waals surface area (Å²) < 4.78 is 4.55. The minimum Gasteiger partial charge on any atom is -0.462 e. The molecule has 1 aromatic rings. The van der Waals surface area contributed by atoms with Gasteiger partial charge in [0.25, 0.3) is 6.47 Å². The second-order valence-corrected chi connectivity index (χ2v) is 5.69. The van der Waals surface area contributed by atoms with Gasteiger partial charge < -0.3 is 10.1 Å². The van der Waals surface area contributed by atoms with Gasteiger partial charge in [-0.1, -0.05) is 18.2 Å². The number of carbonyl (C=O) groups excluding carboxylic acids is 1. The molecule has 0 fully saturated rings. The minimum absolute atomic E-state index is 0.318. The zero-order valence-electron chi connectivity index (χ0n) is 12.4. The minimum atomic E-state index is -0.318. The average Bonchev–Trinajstić information content (AvgIpc) is 2.38. The molecule has 108 valence electrons. The van der Waals surface area contributed by atoms with E-state index in [0.29, 0.717) is 12.9 Å². The third-order valence-electron chi connectivity index (χ3n) is 2.84. The number of ether oxygens (including phenoxy) is 1. The predicted octanol–water partition coefficient (Wildman–Crippen LogP) is 2.36. The molecular weight excluding hydrogens is 252 g/mol. The standard InChI is InChI=1S/C11H12N2.C5H10O2/c12-5-3-9-1-2-11-8-13-6-4-10(11)7-9;1-5(2,3)7-4-6/h1-2,7,13H,3-4,6,8H2;4H,1-3H3. The van der Waals surface area contributed by atoms with E-state index in [9.17, 15) is 4.79 Å². The van der Waals surface area contributed by atoms with E-state index in [1.807, 2.05) is 20.8 Å². The highest BCUT2D eigenvalue weighted by Crippen LogP contribution is 2.15. The molecular formula is C16H22N2O2. The molecule has 0 spiro atoms. The van der Waals surface area contributed by atoms with Crippen molar-refractivity contribution in [2.45, 2.75) is 45.8 Å². The monoisotopic (exact) mass is 274 g/mol. The molecule has 20 heavy (non-hydrogen) atoms. The molecule has 0 amide bonds. The molecule has 0 saturated heterocycles. The Hall–Kier alpha value is -1.86. The van der Waals surface area contributed by atoms with Crippen LogP contribution in [0.4, 0.5) is 0 Å². The van der Waals surface area contributed by atoms with Crippen molar-refractivity contribution in [1.82, 2.24) is 5.32 Å². The number of hydrogen-bond acceptors (Lipinski definition) is 4. The summed E-state index contributed by atoms with van der Waals surface area (Å²) in [6, 6.07) is 8.52. The van der Waals surface area contributed by atoms with Crippen molar-refractivity contribution in [3.8, 4) is 6.07 Å². The number of nitrogens with one attached hydrogen (secondary N) is 1. The number of nitriles is 1. The van der Waals surface area contributed by atoms with Crippen LogP contribution in [0, 0.1) is 11.3 Å². The van der Waals surface area contributed by atoms with E-state index in [4.69, 9.17) is 5.26 Å². The van der Waals surface area contributed by atoms with E-state index in [0.717, 1.165) is 25.1 Å². The maximum absolute atomic E-state index is 9.60. The molecule has 2 rings (SSSR count). The van der Waals surface area contributed by atoms with Crippen LogP contribution in [-0.2, 0) is 28.9 Å². The summed E-state index contributed by atoms with van der Waals surface area (Å²) in [6.45, 7) is 7.95. The Morgan fingerprint density at radius 1 is 1.40 bits per heavy atom. The fraction of sp³-hybridized carbons (Fsp3) is 0.500. The summed E-state index contributed by atoms with van der Waals surface area (Å²) in [4.78, 5) is 9.60. The van der Waals surface area contributed by atoms with E-state index < -0.39 is 0 Å². The normalized spacial score (nSPS) is 13.3. The lowest BCUT2D eigenvalue weighted by Gasteiger charge is -2.17. The van der Waals surface area contributed by atoms with Crippen LogP contribution in [0.25, 0.3) is 0 Å². The van der Waals surface area contributed by atoms with Gasteiger partial charge in [-0.3, -0.25) is 4.79 Å². The van der Waals surface area contributed by atoms with Gasteiger partial charge >= 0.3 is 0 Å². The first-order valence-electron chi connectivity index (χ1n) is 6.76. The predicted molar refractivity (Wildman–Crippen MR) is 78.1 cm³/mol. The molecule has 1 heterocycles. The van der Waals surface area contributed by atoms with Crippen LogP contribution in [0.3, 0.4) is 0 Å². The van der Waals surface area contributed by atoms with Crippen LogP contribution in [0.15, 0.2) is 18.2 Å². The van der Waals surface area contributed by atoms with E-state index >= 15 is 0 Å². The molecule has 0 atom stereocenters. The van der Waals surface area contributed by atoms with E-state index in [1.165, 1.54) is 11.1 Å². The lowest BCUT2D eigenvalue weighted by atomic mass is 9.98. The van der Waals surface area contributed by atoms with Crippen LogP contribution in [0.5, 0.6) is 0 Å². The van der Waals surface area contributed by atoms with Gasteiger partial charge in [0.05, 0.1) is 12.5 Å². The third kappa shape index (κ3) is 5.85. The van der Waals surface area contributed by atoms with Crippen molar-refractivity contribution in [3.63, 3.8) is 0 Å². The van der Waals surface area contributed by atoms with Crippen LogP contribution in [0.1, 0.15) is 37.5 Å². The SMILES string of the molecule is CC(C)(C)OC=O.N#CCc1ccc2c(c1)CCNC2. The van der Waals surface area contributed by atoms with Crippen LogP contribution < -0.4 is 5.32 Å². The summed E-state index contributed by atoms with van der Waals surface area (Å²) >= 11 is 0. The van der Waals surface area contributed by atoms with Gasteiger partial charge in [-0.25, -0.2) is 0 Å². The molecule has 0 bridgehead atoms. The van der Waals surface area contributed by atoms with Crippen LogP contribution >= 0.6 is 0 Å². The number of rotatable bonds is 2. The first kappa shape index (κ1) is 16.2. The highest BCUT2D eigenvalue weighted by Gasteiger charge is 2.08. The molecule has 0 aliphatic carbocycles. The van der Waals surface area contributed by atoms with Gasteiger partial charge in [-0.05, 0) is 50.4 Å². The lowest BCUT2D eigenvalue weighted by Crippen LogP contribution is -2.23. The maximum atomic E-state index is 9.60. The molecule has 1 aliphatic heterocycles. The Kier molecular flexibility index (Phi) is 6.20. The zero-order valence-corrected chi connectivity index (χ0v) is 12.4. The fourth-order valence-electron chi connectivity index (χ4n) is 1.88. The number of fused-ring (bicyclic) bond motifs is 1. The number of nitrogens with zero attached hydrogens (tertiary/aromatic N) is 1. The van der Waals surface area contributed by atoms with Gasteiger partial charge in [0.2, 0.25) is 0 Å². The van der Waals surface area contributed by atoms with E-state index in [1.54, 1.807) is 0 Å². The second kappa shape index (κ2) is 7.66. The van der Waals surface area contributed by atoms with Crippen LogP contribution in [-0.4, -0.2) is 18.6 Å². The van der Waals surface area contributed by atoms with Crippen molar-refractivity contribution in [3.05, 3.63) is 34.9 Å². The molecule has 4 nitrogen and oxygen atoms in total. The Balaban J connectivity index is 0.000000246. The van der Waals surface area contributed by atoms with Gasteiger partial charge in [0, 0.05) is 6.54 Å². The highest BCUT2D eigenvalue weighted by molar-refractivity contribution is 5.37. The average molecular weight is 274 g/mol. The molecule has 0 unspecified atom stereocenters. The maximum Gasteiger partial charge on any atom is 0.293 e. The second-order valence-electron chi connectivity index (χ2n) is 5.69. The molecule has 0 saturated carbocycles. The summed E-state index contributed by atoms with van der Waals surface area (Å²) in [6.07, 6.45) is 1.62. The largest absolute Gasteiger partial charge is 0.462 e. The first-order chi connectivity index (χ1) is 9.46. The van der Waals surface area contributed by atoms with Crippen molar-refractivity contribution < 1.29 is 9.53 Å². The van der Waals surface area contributed by atoms with Gasteiger partial charge in [0.15, 0.2) is 0 Å². The smallest absolute Gasteiger partial charge is 0.293 e. The van der Waals surface area contributed by atoms with Crippen molar-refractivity contribution in [2.75, 3.05) is 6.54 Å². The Morgan fingerprint density at radius 3 is 2.70 bits per heavy atom. The molecule has 0 radical (unpaired) electrons. The summed E-state index contributed by atoms with van der Waals surface area (Å²) in [5.74, 6) is 0. The first-order valence-corrected chi connectivity index (χ1v) is 6.76. The quantitative estimate of drug-likeness (QED) is 0.841. The molecule has 1 aliphatic rings. The Labute approximate surface area is 120 Å². The lowest BCUT2D eigenvalue weighted by molar-refractivity contribution is -0.138. The Bertz CT molecular complexity index is 484. The fourth-order valence-corrected chi connectivity index (χ4v) is 1.88. The summed E-state index contributed by atoms with van der Waals surface area (Å²) in [7, 11) is 0. The number of carbonyl (C=O) groups is 1. The molecule has 0 aromatic heterocycles. The Morgan fingerprint density at radius 2 is 2.15 bits per heavy atom. The molecule has 1 N–H and O–H groups in total. The number of hydrogen-bond donors (Lipinski definition) is 1. The van der Waals surface area contributed by atoms with Crippen molar-refractivity contribution in [1.29, 1.82) is 5.26 Å². The van der Waals surface area contributed by atoms with E-state index in [-0.39, 0.29) is 5.60 Å². The zero-order chi connectivity index (χ0) is 15.0. The van der Waals surface area contributed by atoms with Crippen molar-refractivity contribution in [2.24, 2.45) is 0 Å². The van der Waals surface area contributed by atoms with Crippen LogP contribution in [0.2, 0.25) is 0 Å². The van der Waals surface area contributed by atoms with E-state index in [2.05, 4.69) is 34.3 Å². The topological polar surface area (TPSA) is 62.1 Å². The van der Waals surface area contributed by atoms with Gasteiger partial charge in [-0.15, -0.1) is 0 Å². The number of benzene rings is 1.